The molecule has 0 spiro atoms. The second-order valence-electron chi connectivity index (χ2n) is 5.67. The van der Waals surface area contributed by atoms with Crippen LogP contribution >= 0.6 is 15.9 Å². The number of aromatic nitrogens is 2. The van der Waals surface area contributed by atoms with Gasteiger partial charge in [-0.1, -0.05) is 6.07 Å². The Bertz CT molecular complexity index is 680. The van der Waals surface area contributed by atoms with Crippen LogP contribution in [0.15, 0.2) is 22.9 Å². The van der Waals surface area contributed by atoms with E-state index in [1.807, 2.05) is 12.1 Å². The fourth-order valence-electron chi connectivity index (χ4n) is 2.75. The lowest BCUT2D eigenvalue weighted by molar-refractivity contribution is -0.140. The molecule has 8 heteroatoms. The van der Waals surface area contributed by atoms with Crippen molar-refractivity contribution in [3.8, 4) is 0 Å². The summed E-state index contributed by atoms with van der Waals surface area (Å²) >= 11 is 3.11. The molecular formula is C15H17BrF3N3O. The minimum Gasteiger partial charge on any atom is -0.381 e. The Morgan fingerprint density at radius 3 is 2.74 bits per heavy atom. The van der Waals surface area contributed by atoms with Crippen molar-refractivity contribution < 1.29 is 17.9 Å². The first-order valence-corrected chi connectivity index (χ1v) is 8.24. The average molecular weight is 392 g/mol. The van der Waals surface area contributed by atoms with Gasteiger partial charge in [0.05, 0.1) is 11.0 Å². The predicted octanol–water partition coefficient (Wildman–Crippen LogP) is 3.63. The Hall–Kier alpha value is -1.12. The van der Waals surface area contributed by atoms with Gasteiger partial charge in [0.25, 0.3) is 0 Å². The summed E-state index contributed by atoms with van der Waals surface area (Å²) in [5.74, 6) is 0. The smallest absolute Gasteiger partial charge is 0.381 e. The van der Waals surface area contributed by atoms with Gasteiger partial charge in [-0.2, -0.15) is 13.2 Å². The molecule has 1 fully saturated rings. The second kappa shape index (κ2) is 6.78. The van der Waals surface area contributed by atoms with Gasteiger partial charge in [-0.15, -0.1) is 0 Å². The van der Waals surface area contributed by atoms with Crippen LogP contribution in [0, 0.1) is 0 Å². The van der Waals surface area contributed by atoms with E-state index in [-0.39, 0.29) is 4.73 Å². The lowest BCUT2D eigenvalue weighted by Crippen LogP contribution is -2.34. The van der Waals surface area contributed by atoms with Crippen molar-refractivity contribution in [1.29, 1.82) is 0 Å². The minimum absolute atomic E-state index is 0.194. The van der Waals surface area contributed by atoms with Gasteiger partial charge in [0.1, 0.15) is 6.54 Å². The zero-order valence-corrected chi connectivity index (χ0v) is 14.0. The first-order valence-electron chi connectivity index (χ1n) is 7.45. The fraction of sp³-hybridized carbons (Fsp3) is 0.533. The number of fused-ring (bicyclic) bond motifs is 1. The minimum atomic E-state index is -4.28. The number of ether oxygens (including phenoxy) is 1. The zero-order valence-electron chi connectivity index (χ0n) is 12.4. The molecule has 2 heterocycles. The van der Waals surface area contributed by atoms with E-state index in [0.717, 1.165) is 36.2 Å². The van der Waals surface area contributed by atoms with Crippen molar-refractivity contribution in [2.24, 2.45) is 0 Å². The first kappa shape index (κ1) is 16.7. The summed E-state index contributed by atoms with van der Waals surface area (Å²) in [7, 11) is 0. The molecule has 0 bridgehead atoms. The SMILES string of the molecule is FC(F)(F)Cn1c(Br)nc2cc(CNC3CCOCC3)ccc21. The van der Waals surface area contributed by atoms with Crippen LogP contribution in [0.1, 0.15) is 18.4 Å². The molecule has 3 rings (SSSR count). The zero-order chi connectivity index (χ0) is 16.4. The maximum absolute atomic E-state index is 12.6. The third-order valence-corrected chi connectivity index (χ3v) is 4.53. The van der Waals surface area contributed by atoms with E-state index in [0.29, 0.717) is 23.6 Å². The number of hydrogen-bond donors (Lipinski definition) is 1. The summed E-state index contributed by atoms with van der Waals surface area (Å²) in [5.41, 5.74) is 2.05. The monoisotopic (exact) mass is 391 g/mol. The maximum atomic E-state index is 12.6. The van der Waals surface area contributed by atoms with Crippen LogP contribution in [0.3, 0.4) is 0 Å². The molecule has 126 valence electrons. The summed E-state index contributed by atoms with van der Waals surface area (Å²) in [5, 5.41) is 3.46. The molecular weight excluding hydrogens is 375 g/mol. The lowest BCUT2D eigenvalue weighted by Gasteiger charge is -2.23. The van der Waals surface area contributed by atoms with Crippen LogP contribution in [-0.2, 0) is 17.8 Å². The second-order valence-corrected chi connectivity index (χ2v) is 6.38. The molecule has 4 nitrogen and oxygen atoms in total. The highest BCUT2D eigenvalue weighted by molar-refractivity contribution is 9.10. The summed E-state index contributed by atoms with van der Waals surface area (Å²) in [6.07, 6.45) is -2.32. The Labute approximate surface area is 140 Å². The van der Waals surface area contributed by atoms with Crippen LogP contribution in [-0.4, -0.2) is 35.0 Å². The molecule has 23 heavy (non-hydrogen) atoms. The number of rotatable bonds is 4. The van der Waals surface area contributed by atoms with Gasteiger partial charge in [0.2, 0.25) is 0 Å². The summed E-state index contributed by atoms with van der Waals surface area (Å²) in [4.78, 5) is 4.18. The van der Waals surface area contributed by atoms with Gasteiger partial charge in [-0.3, -0.25) is 0 Å². The molecule has 1 aliphatic rings. The molecule has 2 aromatic rings. The van der Waals surface area contributed by atoms with Gasteiger partial charge >= 0.3 is 6.18 Å². The summed E-state index contributed by atoms with van der Waals surface area (Å²) in [6, 6.07) is 5.79. The maximum Gasteiger partial charge on any atom is 0.406 e. The normalized spacial score (nSPS) is 17.0. The molecule has 0 aliphatic carbocycles. The van der Waals surface area contributed by atoms with Gasteiger partial charge in [0, 0.05) is 25.8 Å². The highest BCUT2D eigenvalue weighted by Crippen LogP contribution is 2.26. The number of imidazole rings is 1. The number of nitrogens with one attached hydrogen (secondary N) is 1. The van der Waals surface area contributed by atoms with E-state index in [4.69, 9.17) is 4.74 Å². The van der Waals surface area contributed by atoms with Crippen molar-refractivity contribution in [2.75, 3.05) is 13.2 Å². The van der Waals surface area contributed by atoms with Gasteiger partial charge in [-0.25, -0.2) is 4.98 Å². The van der Waals surface area contributed by atoms with Crippen LogP contribution in [0.25, 0.3) is 11.0 Å². The van der Waals surface area contributed by atoms with Gasteiger partial charge in [0.15, 0.2) is 4.73 Å². The van der Waals surface area contributed by atoms with E-state index in [1.54, 1.807) is 6.07 Å². The summed E-state index contributed by atoms with van der Waals surface area (Å²) in [6.45, 7) is 1.16. The number of benzene rings is 1. The van der Waals surface area contributed by atoms with Crippen molar-refractivity contribution >= 4 is 27.0 Å². The third kappa shape index (κ3) is 4.24. The Kier molecular flexibility index (Phi) is 4.93. The van der Waals surface area contributed by atoms with Crippen molar-refractivity contribution in [3.05, 3.63) is 28.5 Å². The van der Waals surface area contributed by atoms with Gasteiger partial charge < -0.3 is 14.6 Å². The van der Waals surface area contributed by atoms with Crippen molar-refractivity contribution in [3.63, 3.8) is 0 Å². The fourth-order valence-corrected chi connectivity index (χ4v) is 3.26. The molecule has 1 aromatic carbocycles. The van der Waals surface area contributed by atoms with Crippen molar-refractivity contribution in [2.45, 2.75) is 38.1 Å². The molecule has 1 aliphatic heterocycles. The average Bonchev–Trinajstić information content (AvgIpc) is 2.80. The number of alkyl halides is 3. The van der Waals surface area contributed by atoms with Crippen LogP contribution in [0.4, 0.5) is 13.2 Å². The summed E-state index contributed by atoms with van der Waals surface area (Å²) < 4.78 is 44.6. The Balaban J connectivity index is 1.74. The van der Waals surface area contributed by atoms with Crippen molar-refractivity contribution in [1.82, 2.24) is 14.9 Å². The molecule has 1 saturated heterocycles. The molecule has 0 amide bonds. The third-order valence-electron chi connectivity index (χ3n) is 3.92. The highest BCUT2D eigenvalue weighted by Gasteiger charge is 2.30. The predicted molar refractivity (Wildman–Crippen MR) is 84.2 cm³/mol. The highest BCUT2D eigenvalue weighted by atomic mass is 79.9. The molecule has 1 N–H and O–H groups in total. The molecule has 0 radical (unpaired) electrons. The van der Waals surface area contributed by atoms with E-state index in [9.17, 15) is 13.2 Å². The van der Waals surface area contributed by atoms with Gasteiger partial charge in [-0.05, 0) is 46.5 Å². The number of hydrogen-bond acceptors (Lipinski definition) is 3. The lowest BCUT2D eigenvalue weighted by atomic mass is 10.1. The van der Waals surface area contributed by atoms with Crippen LogP contribution < -0.4 is 5.32 Å². The van der Waals surface area contributed by atoms with E-state index >= 15 is 0 Å². The van der Waals surface area contributed by atoms with E-state index in [1.165, 1.54) is 0 Å². The molecule has 0 atom stereocenters. The quantitative estimate of drug-likeness (QED) is 0.864. The molecule has 0 saturated carbocycles. The molecule has 1 aromatic heterocycles. The number of halogens is 4. The Morgan fingerprint density at radius 2 is 2.04 bits per heavy atom. The molecule has 0 unspecified atom stereocenters. The standard InChI is InChI=1S/C15H17BrF3N3O/c16-14-21-12-7-10(8-20-11-3-5-23-6-4-11)1-2-13(12)22(14)9-15(17,18)19/h1-2,7,11,20H,3-6,8-9H2. The van der Waals surface area contributed by atoms with Crippen LogP contribution in [0.2, 0.25) is 0 Å². The topological polar surface area (TPSA) is 39.1 Å². The van der Waals surface area contributed by atoms with E-state index < -0.39 is 12.7 Å². The number of nitrogens with zero attached hydrogens (tertiary/aromatic N) is 2. The van der Waals surface area contributed by atoms with E-state index in [2.05, 4.69) is 26.2 Å². The first-order chi connectivity index (χ1) is 10.9. The van der Waals surface area contributed by atoms with Crippen LogP contribution in [0.5, 0.6) is 0 Å². The Morgan fingerprint density at radius 1 is 1.30 bits per heavy atom. The largest absolute Gasteiger partial charge is 0.406 e.